The smallest absolute Gasteiger partial charge is 0.408 e. The average Bonchev–Trinajstić information content (AvgIpc) is 2.82. The minimum atomic E-state index is -1.34. The number of ether oxygens (including phenoxy) is 1. The summed E-state index contributed by atoms with van der Waals surface area (Å²) in [6.07, 6.45) is -1.25. The Morgan fingerprint density at radius 3 is 2.57 bits per heavy atom. The van der Waals surface area contributed by atoms with E-state index in [9.17, 15) is 14.0 Å². The highest BCUT2D eigenvalue weighted by Crippen LogP contribution is 2.23. The number of amides is 2. The first-order valence-electron chi connectivity index (χ1n) is 7.94. The second-order valence-electron chi connectivity index (χ2n) is 6.92. The van der Waals surface area contributed by atoms with E-state index in [0.717, 1.165) is 0 Å². The van der Waals surface area contributed by atoms with E-state index in [-0.39, 0.29) is 18.9 Å². The van der Waals surface area contributed by atoms with Crippen molar-refractivity contribution < 1.29 is 18.7 Å². The molecule has 1 N–H and O–H groups in total. The molecule has 1 aliphatic heterocycles. The van der Waals surface area contributed by atoms with Gasteiger partial charge in [0.05, 0.1) is 6.07 Å². The molecule has 0 bridgehead atoms. The second-order valence-corrected chi connectivity index (χ2v) is 6.92. The molecule has 0 aliphatic carbocycles. The van der Waals surface area contributed by atoms with Gasteiger partial charge in [0, 0.05) is 6.54 Å². The number of halogens is 1. The number of carbonyl (C=O) groups excluding carboxylic acids is 2. The van der Waals surface area contributed by atoms with E-state index >= 15 is 0 Å². The summed E-state index contributed by atoms with van der Waals surface area (Å²) in [4.78, 5) is 25.9. The molecule has 0 spiro atoms. The predicted octanol–water partition coefficient (Wildman–Crippen LogP) is 2.39. The molecule has 1 heterocycles. The van der Waals surface area contributed by atoms with Gasteiger partial charge in [0.1, 0.15) is 17.8 Å². The van der Waals surface area contributed by atoms with Gasteiger partial charge in [0.25, 0.3) is 0 Å². The number of nitrogens with one attached hydrogen (secondary N) is 1. The molecule has 0 aromatic heterocycles. The monoisotopic (exact) mass is 327 g/mol. The molecule has 0 aromatic carbocycles. The Labute approximate surface area is 137 Å². The fourth-order valence-corrected chi connectivity index (χ4v) is 2.45. The van der Waals surface area contributed by atoms with Crippen molar-refractivity contribution in [3.05, 3.63) is 0 Å². The Hall–Kier alpha value is -1.84. The van der Waals surface area contributed by atoms with Gasteiger partial charge in [-0.15, -0.1) is 0 Å². The zero-order chi connectivity index (χ0) is 17.8. The minimum absolute atomic E-state index is 0.142. The van der Waals surface area contributed by atoms with Crippen LogP contribution in [0.2, 0.25) is 0 Å². The van der Waals surface area contributed by atoms with Gasteiger partial charge < -0.3 is 15.0 Å². The SMILES string of the molecule is CC[C@H](C)[C@H](NC(=O)OC(C)(C)C)C(=O)N1CC[C@@H](F)[C@@H]1C#N. The Balaban J connectivity index is 2.88. The summed E-state index contributed by atoms with van der Waals surface area (Å²) in [5.41, 5.74) is -0.681. The molecular weight excluding hydrogens is 301 g/mol. The number of alkyl halides is 1. The van der Waals surface area contributed by atoms with Crippen LogP contribution in [0.1, 0.15) is 47.5 Å². The molecule has 1 aliphatic rings. The van der Waals surface area contributed by atoms with Crippen molar-refractivity contribution in [2.45, 2.75) is 71.3 Å². The Kier molecular flexibility index (Phi) is 6.37. The highest BCUT2D eigenvalue weighted by Gasteiger charge is 2.41. The lowest BCUT2D eigenvalue weighted by atomic mass is 9.97. The molecule has 2 amide bonds. The van der Waals surface area contributed by atoms with E-state index in [1.54, 1.807) is 20.8 Å². The highest BCUT2D eigenvalue weighted by molar-refractivity contribution is 5.86. The van der Waals surface area contributed by atoms with E-state index in [0.29, 0.717) is 6.42 Å². The Morgan fingerprint density at radius 1 is 1.48 bits per heavy atom. The molecule has 0 radical (unpaired) electrons. The summed E-state index contributed by atoms with van der Waals surface area (Å²) in [6, 6.07) is -0.0913. The van der Waals surface area contributed by atoms with E-state index in [4.69, 9.17) is 10.00 Å². The number of alkyl carbamates (subject to hydrolysis) is 1. The van der Waals surface area contributed by atoms with Gasteiger partial charge in [-0.05, 0) is 33.1 Å². The zero-order valence-electron chi connectivity index (χ0n) is 14.4. The number of likely N-dealkylation sites (tertiary alicyclic amines) is 1. The summed E-state index contributed by atoms with van der Waals surface area (Å²) >= 11 is 0. The van der Waals surface area contributed by atoms with Crippen LogP contribution in [0.3, 0.4) is 0 Å². The van der Waals surface area contributed by atoms with Crippen LogP contribution in [-0.2, 0) is 9.53 Å². The first kappa shape index (κ1) is 19.2. The van der Waals surface area contributed by atoms with Crippen LogP contribution in [-0.4, -0.2) is 47.3 Å². The van der Waals surface area contributed by atoms with Crippen LogP contribution in [0.4, 0.5) is 9.18 Å². The maximum absolute atomic E-state index is 13.7. The van der Waals surface area contributed by atoms with Gasteiger partial charge in [-0.1, -0.05) is 20.3 Å². The van der Waals surface area contributed by atoms with Crippen molar-refractivity contribution in [3.63, 3.8) is 0 Å². The third-order valence-electron chi connectivity index (χ3n) is 3.89. The molecule has 6 nitrogen and oxygen atoms in total. The maximum atomic E-state index is 13.7. The number of rotatable bonds is 4. The quantitative estimate of drug-likeness (QED) is 0.859. The summed E-state index contributed by atoms with van der Waals surface area (Å²) < 4.78 is 18.9. The van der Waals surface area contributed by atoms with Gasteiger partial charge in [-0.3, -0.25) is 4.79 Å². The van der Waals surface area contributed by atoms with Gasteiger partial charge in [-0.2, -0.15) is 5.26 Å². The van der Waals surface area contributed by atoms with Crippen molar-refractivity contribution >= 4 is 12.0 Å². The van der Waals surface area contributed by atoms with E-state index in [2.05, 4.69) is 5.32 Å². The molecule has 7 heteroatoms. The first-order chi connectivity index (χ1) is 10.6. The molecule has 1 rings (SSSR count). The van der Waals surface area contributed by atoms with Crippen LogP contribution in [0.25, 0.3) is 0 Å². The molecule has 0 unspecified atom stereocenters. The lowest BCUT2D eigenvalue weighted by Gasteiger charge is -2.30. The van der Waals surface area contributed by atoms with Crippen molar-refractivity contribution in [3.8, 4) is 6.07 Å². The van der Waals surface area contributed by atoms with Crippen molar-refractivity contribution in [1.29, 1.82) is 5.26 Å². The van der Waals surface area contributed by atoms with Crippen molar-refractivity contribution in [2.75, 3.05) is 6.54 Å². The van der Waals surface area contributed by atoms with Gasteiger partial charge in [0.15, 0.2) is 6.04 Å². The number of hydrogen-bond donors (Lipinski definition) is 1. The number of nitriles is 1. The van der Waals surface area contributed by atoms with Crippen LogP contribution < -0.4 is 5.32 Å². The second kappa shape index (κ2) is 7.62. The average molecular weight is 327 g/mol. The predicted molar refractivity (Wildman–Crippen MR) is 83.2 cm³/mol. The topological polar surface area (TPSA) is 82.4 Å². The molecule has 1 fully saturated rings. The zero-order valence-corrected chi connectivity index (χ0v) is 14.4. The van der Waals surface area contributed by atoms with Crippen molar-refractivity contribution in [2.24, 2.45) is 5.92 Å². The van der Waals surface area contributed by atoms with Crippen LogP contribution in [0, 0.1) is 17.2 Å². The fourth-order valence-electron chi connectivity index (χ4n) is 2.45. The Bertz CT molecular complexity index is 484. The molecule has 1 saturated heterocycles. The maximum Gasteiger partial charge on any atom is 0.408 e. The van der Waals surface area contributed by atoms with Crippen molar-refractivity contribution in [1.82, 2.24) is 10.2 Å². The minimum Gasteiger partial charge on any atom is -0.444 e. The molecular formula is C16H26FN3O3. The fraction of sp³-hybridized carbons (Fsp3) is 0.812. The standard InChI is InChI=1S/C16H26FN3O3/c1-6-10(2)13(19-15(22)23-16(3,4)5)14(21)20-8-7-11(17)12(20)9-18/h10-13H,6-8H2,1-5H3,(H,19,22)/t10-,11+,12-,13-/m0/s1. The summed E-state index contributed by atoms with van der Waals surface area (Å²) in [6.45, 7) is 9.09. The lowest BCUT2D eigenvalue weighted by molar-refractivity contribution is -0.135. The van der Waals surface area contributed by atoms with E-state index in [1.807, 2.05) is 19.9 Å². The van der Waals surface area contributed by atoms with Crippen LogP contribution >= 0.6 is 0 Å². The summed E-state index contributed by atoms with van der Waals surface area (Å²) in [5.74, 6) is -0.593. The van der Waals surface area contributed by atoms with Crippen LogP contribution in [0.15, 0.2) is 0 Å². The molecule has 4 atom stereocenters. The Morgan fingerprint density at radius 2 is 2.09 bits per heavy atom. The van der Waals surface area contributed by atoms with E-state index in [1.165, 1.54) is 4.90 Å². The normalized spacial score (nSPS) is 23.8. The first-order valence-corrected chi connectivity index (χ1v) is 7.94. The summed E-state index contributed by atoms with van der Waals surface area (Å²) in [7, 11) is 0. The largest absolute Gasteiger partial charge is 0.444 e. The molecule has 0 aromatic rings. The third kappa shape index (κ3) is 5.08. The summed E-state index contributed by atoms with van der Waals surface area (Å²) in [5, 5.41) is 11.6. The number of hydrogen-bond acceptors (Lipinski definition) is 4. The molecule has 0 saturated carbocycles. The molecule has 23 heavy (non-hydrogen) atoms. The van der Waals surface area contributed by atoms with Gasteiger partial charge in [-0.25, -0.2) is 9.18 Å². The number of carbonyl (C=O) groups is 2. The number of nitrogens with zero attached hydrogens (tertiary/aromatic N) is 2. The third-order valence-corrected chi connectivity index (χ3v) is 3.89. The van der Waals surface area contributed by atoms with Crippen LogP contribution in [0.5, 0.6) is 0 Å². The highest BCUT2D eigenvalue weighted by atomic mass is 19.1. The van der Waals surface area contributed by atoms with E-state index < -0.39 is 35.9 Å². The lowest BCUT2D eigenvalue weighted by Crippen LogP contribution is -2.54. The van der Waals surface area contributed by atoms with Gasteiger partial charge >= 0.3 is 6.09 Å². The molecule has 130 valence electrons. The van der Waals surface area contributed by atoms with Gasteiger partial charge in [0.2, 0.25) is 5.91 Å².